The Bertz CT molecular complexity index is 413. The zero-order valence-corrected chi connectivity index (χ0v) is 16.4. The number of amides is 2. The van der Waals surface area contributed by atoms with Gasteiger partial charge in [0.25, 0.3) is 0 Å². The van der Waals surface area contributed by atoms with Crippen LogP contribution in [0.1, 0.15) is 39.5 Å². The highest BCUT2D eigenvalue weighted by Crippen LogP contribution is 2.33. The lowest BCUT2D eigenvalue weighted by Gasteiger charge is -2.42. The number of rotatable bonds is 4. The minimum absolute atomic E-state index is 0. The number of carbonyl (C=O) groups excluding carboxylic acids is 2. The molecule has 1 heterocycles. The molecule has 0 aromatic carbocycles. The van der Waals surface area contributed by atoms with E-state index in [9.17, 15) is 9.59 Å². The largest absolute Gasteiger partial charge is 0.355 e. The van der Waals surface area contributed by atoms with Crippen molar-refractivity contribution in [1.29, 1.82) is 0 Å². The number of piperazine rings is 1. The molecule has 1 aliphatic carbocycles. The predicted octanol–water partition coefficient (Wildman–Crippen LogP) is 1.02. The van der Waals surface area contributed by atoms with Gasteiger partial charge in [-0.3, -0.25) is 14.5 Å². The Labute approximate surface area is 157 Å². The van der Waals surface area contributed by atoms with Crippen LogP contribution in [0.25, 0.3) is 0 Å². The van der Waals surface area contributed by atoms with E-state index >= 15 is 0 Å². The first-order chi connectivity index (χ1) is 10.4. The number of hydrogen-bond donors (Lipinski definition) is 2. The van der Waals surface area contributed by atoms with Crippen LogP contribution in [-0.2, 0) is 9.59 Å². The Morgan fingerprint density at radius 2 is 1.79 bits per heavy atom. The quantitative estimate of drug-likeness (QED) is 0.760. The second kappa shape index (κ2) is 10.4. The Hall–Kier alpha value is -0.560. The Balaban J connectivity index is 0.00000264. The average Bonchev–Trinajstić information content (AvgIpc) is 2.47. The molecule has 2 atom stereocenters. The van der Waals surface area contributed by atoms with Crippen molar-refractivity contribution >= 4 is 36.6 Å². The highest BCUT2D eigenvalue weighted by molar-refractivity contribution is 5.85. The smallest absolute Gasteiger partial charge is 0.234 e. The van der Waals surface area contributed by atoms with Gasteiger partial charge in [-0.25, -0.2) is 0 Å². The van der Waals surface area contributed by atoms with Crippen LogP contribution in [0.15, 0.2) is 0 Å². The van der Waals surface area contributed by atoms with Gasteiger partial charge in [-0.15, -0.1) is 24.8 Å². The molecular formula is C16H32Cl2N4O2. The number of likely N-dealkylation sites (N-methyl/N-ethyl adjacent to an activating group) is 1. The summed E-state index contributed by atoms with van der Waals surface area (Å²) in [5.41, 5.74) is 5.98. The molecule has 2 rings (SSSR count). The molecule has 3 N–H and O–H groups in total. The van der Waals surface area contributed by atoms with Gasteiger partial charge in [0.2, 0.25) is 11.8 Å². The molecule has 0 aromatic rings. The standard InChI is InChI=1S/C16H30N4O2.2ClH/c1-3-18-14(21)12-19-8-10-20(11-9-19)15(22)13-6-4-5-7-16(13,2)17;;/h13H,3-12,17H2,1-2H3,(H,18,21);2*1H. The molecule has 2 unspecified atom stereocenters. The molecule has 2 aliphatic rings. The lowest BCUT2D eigenvalue weighted by atomic mass is 9.74. The maximum atomic E-state index is 12.7. The number of hydrogen-bond acceptors (Lipinski definition) is 4. The van der Waals surface area contributed by atoms with Crippen LogP contribution in [0.4, 0.5) is 0 Å². The molecule has 24 heavy (non-hydrogen) atoms. The molecule has 0 aromatic heterocycles. The highest BCUT2D eigenvalue weighted by atomic mass is 35.5. The summed E-state index contributed by atoms with van der Waals surface area (Å²) in [6, 6.07) is 0. The average molecular weight is 383 g/mol. The molecule has 142 valence electrons. The van der Waals surface area contributed by atoms with Crippen LogP contribution in [0.2, 0.25) is 0 Å². The van der Waals surface area contributed by atoms with Crippen molar-refractivity contribution in [2.75, 3.05) is 39.3 Å². The van der Waals surface area contributed by atoms with Gasteiger partial charge in [-0.2, -0.15) is 0 Å². The Morgan fingerprint density at radius 3 is 2.33 bits per heavy atom. The summed E-state index contributed by atoms with van der Waals surface area (Å²) in [6.45, 7) is 7.94. The molecule has 8 heteroatoms. The van der Waals surface area contributed by atoms with Crippen LogP contribution in [0.3, 0.4) is 0 Å². The van der Waals surface area contributed by atoms with Crippen LogP contribution < -0.4 is 11.1 Å². The first-order valence-corrected chi connectivity index (χ1v) is 8.51. The van der Waals surface area contributed by atoms with Crippen LogP contribution in [0.5, 0.6) is 0 Å². The van der Waals surface area contributed by atoms with E-state index in [1.54, 1.807) is 0 Å². The van der Waals surface area contributed by atoms with Crippen molar-refractivity contribution in [1.82, 2.24) is 15.1 Å². The van der Waals surface area contributed by atoms with Gasteiger partial charge in [-0.05, 0) is 26.7 Å². The first kappa shape index (κ1) is 23.4. The molecule has 1 aliphatic heterocycles. The summed E-state index contributed by atoms with van der Waals surface area (Å²) in [5, 5.41) is 2.81. The maximum Gasteiger partial charge on any atom is 0.234 e. The molecule has 0 bridgehead atoms. The minimum atomic E-state index is -0.368. The summed E-state index contributed by atoms with van der Waals surface area (Å²) < 4.78 is 0. The predicted molar refractivity (Wildman–Crippen MR) is 101 cm³/mol. The van der Waals surface area contributed by atoms with Crippen LogP contribution >= 0.6 is 24.8 Å². The Kier molecular flexibility index (Phi) is 10.2. The number of halogens is 2. The van der Waals surface area contributed by atoms with E-state index in [0.29, 0.717) is 26.2 Å². The van der Waals surface area contributed by atoms with E-state index in [1.165, 1.54) is 0 Å². The van der Waals surface area contributed by atoms with Crippen molar-refractivity contribution in [2.24, 2.45) is 11.7 Å². The van der Waals surface area contributed by atoms with Gasteiger partial charge >= 0.3 is 0 Å². The molecule has 6 nitrogen and oxygen atoms in total. The highest BCUT2D eigenvalue weighted by Gasteiger charge is 2.40. The van der Waals surface area contributed by atoms with Crippen molar-refractivity contribution in [2.45, 2.75) is 45.1 Å². The molecule has 0 spiro atoms. The molecule has 2 fully saturated rings. The SMILES string of the molecule is CCNC(=O)CN1CCN(C(=O)C2CCCCC2(C)N)CC1.Cl.Cl. The summed E-state index contributed by atoms with van der Waals surface area (Å²) in [4.78, 5) is 28.4. The topological polar surface area (TPSA) is 78.7 Å². The van der Waals surface area contributed by atoms with Crippen molar-refractivity contribution < 1.29 is 9.59 Å². The van der Waals surface area contributed by atoms with E-state index in [4.69, 9.17) is 5.73 Å². The number of nitrogens with two attached hydrogens (primary N) is 1. The number of nitrogens with zero attached hydrogens (tertiary/aromatic N) is 2. The second-order valence-corrected chi connectivity index (χ2v) is 6.86. The maximum absolute atomic E-state index is 12.7. The van der Waals surface area contributed by atoms with E-state index in [0.717, 1.165) is 38.8 Å². The minimum Gasteiger partial charge on any atom is -0.355 e. The third-order valence-corrected chi connectivity index (χ3v) is 4.98. The second-order valence-electron chi connectivity index (χ2n) is 6.86. The summed E-state index contributed by atoms with van der Waals surface area (Å²) >= 11 is 0. The zero-order chi connectivity index (χ0) is 16.2. The van der Waals surface area contributed by atoms with E-state index in [2.05, 4.69) is 10.2 Å². The van der Waals surface area contributed by atoms with Gasteiger partial charge in [0.05, 0.1) is 12.5 Å². The normalized spacial score (nSPS) is 27.6. The van der Waals surface area contributed by atoms with Crippen LogP contribution in [-0.4, -0.2) is 66.4 Å². The zero-order valence-electron chi connectivity index (χ0n) is 14.8. The first-order valence-electron chi connectivity index (χ1n) is 8.51. The van der Waals surface area contributed by atoms with Crippen molar-refractivity contribution in [3.63, 3.8) is 0 Å². The van der Waals surface area contributed by atoms with Gasteiger partial charge in [-0.1, -0.05) is 12.8 Å². The molecule has 2 amide bonds. The number of carbonyl (C=O) groups is 2. The summed E-state index contributed by atoms with van der Waals surface area (Å²) in [6.07, 6.45) is 4.06. The van der Waals surface area contributed by atoms with E-state index < -0.39 is 0 Å². The van der Waals surface area contributed by atoms with Crippen molar-refractivity contribution in [3.05, 3.63) is 0 Å². The van der Waals surface area contributed by atoms with Gasteiger partial charge in [0.1, 0.15) is 0 Å². The lowest BCUT2D eigenvalue weighted by Crippen LogP contribution is -2.57. The van der Waals surface area contributed by atoms with E-state index in [-0.39, 0.29) is 48.1 Å². The number of nitrogens with one attached hydrogen (secondary N) is 1. The lowest BCUT2D eigenvalue weighted by molar-refractivity contribution is -0.140. The fourth-order valence-electron chi connectivity index (χ4n) is 3.57. The van der Waals surface area contributed by atoms with E-state index in [1.807, 2.05) is 18.7 Å². The molecule has 1 saturated carbocycles. The Morgan fingerprint density at radius 1 is 1.17 bits per heavy atom. The fourth-order valence-corrected chi connectivity index (χ4v) is 3.57. The monoisotopic (exact) mass is 382 g/mol. The molecule has 1 saturated heterocycles. The summed E-state index contributed by atoms with van der Waals surface area (Å²) in [7, 11) is 0. The molecular weight excluding hydrogens is 351 g/mol. The third-order valence-electron chi connectivity index (χ3n) is 4.98. The van der Waals surface area contributed by atoms with Gasteiger partial charge < -0.3 is 16.0 Å². The van der Waals surface area contributed by atoms with Crippen molar-refractivity contribution in [3.8, 4) is 0 Å². The molecule has 0 radical (unpaired) electrons. The van der Waals surface area contributed by atoms with Crippen LogP contribution in [0, 0.1) is 5.92 Å². The van der Waals surface area contributed by atoms with Gasteiger partial charge in [0.15, 0.2) is 0 Å². The van der Waals surface area contributed by atoms with Gasteiger partial charge in [0, 0.05) is 38.3 Å². The third kappa shape index (κ3) is 6.06. The fraction of sp³-hybridized carbons (Fsp3) is 0.875. The summed E-state index contributed by atoms with van der Waals surface area (Å²) in [5.74, 6) is 0.225.